The lowest BCUT2D eigenvalue weighted by Gasteiger charge is -2.08. The van der Waals surface area contributed by atoms with Crippen molar-refractivity contribution in [3.05, 3.63) is 60.2 Å². The fraction of sp³-hybridized carbons (Fsp3) is 0.125. The van der Waals surface area contributed by atoms with Crippen molar-refractivity contribution in [2.45, 2.75) is 6.42 Å². The fourth-order valence-corrected chi connectivity index (χ4v) is 2.29. The van der Waals surface area contributed by atoms with Crippen LogP contribution in [0, 0.1) is 0 Å². The predicted octanol–water partition coefficient (Wildman–Crippen LogP) is 3.36. The number of thiocarbonyl (C=S) groups is 1. The largest absolute Gasteiger partial charge is 0.362 e. The van der Waals surface area contributed by atoms with E-state index in [1.54, 1.807) is 0 Å². The molecule has 0 radical (unpaired) electrons. The molecule has 0 saturated heterocycles. The van der Waals surface area contributed by atoms with Gasteiger partial charge in [0.05, 0.1) is 5.39 Å². The van der Waals surface area contributed by atoms with E-state index in [0.717, 1.165) is 23.9 Å². The van der Waals surface area contributed by atoms with E-state index in [2.05, 4.69) is 27.9 Å². The van der Waals surface area contributed by atoms with Gasteiger partial charge in [0.2, 0.25) is 0 Å². The fourth-order valence-electron chi connectivity index (χ4n) is 2.09. The lowest BCUT2D eigenvalue weighted by atomic mass is 10.1. The number of benzene rings is 2. The van der Waals surface area contributed by atoms with Crippen molar-refractivity contribution < 1.29 is 4.52 Å². The Balaban J connectivity index is 1.55. The number of anilines is 1. The third kappa shape index (κ3) is 3.38. The van der Waals surface area contributed by atoms with E-state index in [-0.39, 0.29) is 0 Å². The molecule has 0 fully saturated rings. The maximum atomic E-state index is 5.28. The zero-order valence-electron chi connectivity index (χ0n) is 11.4. The van der Waals surface area contributed by atoms with Gasteiger partial charge in [-0.3, -0.25) is 0 Å². The highest BCUT2D eigenvalue weighted by Crippen LogP contribution is 2.21. The molecule has 0 atom stereocenters. The van der Waals surface area contributed by atoms with Gasteiger partial charge in [-0.1, -0.05) is 47.6 Å². The summed E-state index contributed by atoms with van der Waals surface area (Å²) in [6, 6.07) is 18.0. The maximum absolute atomic E-state index is 5.28. The molecular formula is C16H15N3OS. The molecule has 0 bridgehead atoms. The summed E-state index contributed by atoms with van der Waals surface area (Å²) in [7, 11) is 0. The summed E-state index contributed by atoms with van der Waals surface area (Å²) < 4.78 is 5.22. The van der Waals surface area contributed by atoms with E-state index in [0.29, 0.717) is 10.9 Å². The van der Waals surface area contributed by atoms with Crippen LogP contribution < -0.4 is 10.6 Å². The molecule has 0 saturated carbocycles. The highest BCUT2D eigenvalue weighted by molar-refractivity contribution is 7.80. The van der Waals surface area contributed by atoms with Crippen LogP contribution in [0.15, 0.2) is 59.1 Å². The summed E-state index contributed by atoms with van der Waals surface area (Å²) in [6.45, 7) is 0.769. The Morgan fingerprint density at radius 1 is 1.05 bits per heavy atom. The van der Waals surface area contributed by atoms with Gasteiger partial charge in [0.15, 0.2) is 16.5 Å². The van der Waals surface area contributed by atoms with Crippen molar-refractivity contribution in [3.63, 3.8) is 0 Å². The Hall–Kier alpha value is -2.40. The lowest BCUT2D eigenvalue weighted by Crippen LogP contribution is -2.30. The van der Waals surface area contributed by atoms with Gasteiger partial charge in [-0.2, -0.15) is 0 Å². The minimum Gasteiger partial charge on any atom is -0.362 e. The van der Waals surface area contributed by atoms with Crippen LogP contribution in [0.4, 0.5) is 5.82 Å². The summed E-state index contributed by atoms with van der Waals surface area (Å²) in [4.78, 5) is 0. The maximum Gasteiger partial charge on any atom is 0.183 e. The molecule has 3 rings (SSSR count). The molecule has 0 spiro atoms. The molecule has 1 heterocycles. The summed E-state index contributed by atoms with van der Waals surface area (Å²) >= 11 is 5.28. The van der Waals surface area contributed by atoms with Gasteiger partial charge in [0, 0.05) is 6.54 Å². The second-order valence-electron chi connectivity index (χ2n) is 4.64. The van der Waals surface area contributed by atoms with E-state index < -0.39 is 0 Å². The molecule has 0 aliphatic carbocycles. The SMILES string of the molecule is S=C(NCCc1ccccc1)Nc1noc2ccccc12. The van der Waals surface area contributed by atoms with Crippen molar-refractivity contribution in [1.82, 2.24) is 10.5 Å². The molecule has 5 heteroatoms. The summed E-state index contributed by atoms with van der Waals surface area (Å²) in [6.07, 6.45) is 0.919. The number of nitrogens with zero attached hydrogens (tertiary/aromatic N) is 1. The number of rotatable bonds is 4. The van der Waals surface area contributed by atoms with Crippen molar-refractivity contribution in [2.75, 3.05) is 11.9 Å². The van der Waals surface area contributed by atoms with Crippen LogP contribution >= 0.6 is 12.2 Å². The molecule has 0 aliphatic heterocycles. The van der Waals surface area contributed by atoms with Crippen LogP contribution in [0.2, 0.25) is 0 Å². The topological polar surface area (TPSA) is 50.1 Å². The molecule has 1 aromatic heterocycles. The molecule has 0 aliphatic rings. The first-order valence-electron chi connectivity index (χ1n) is 6.76. The zero-order chi connectivity index (χ0) is 14.5. The van der Waals surface area contributed by atoms with Crippen molar-refractivity contribution in [2.24, 2.45) is 0 Å². The number of aromatic nitrogens is 1. The first-order chi connectivity index (χ1) is 10.3. The molecule has 2 aromatic carbocycles. The Morgan fingerprint density at radius 2 is 1.81 bits per heavy atom. The molecule has 106 valence electrons. The van der Waals surface area contributed by atoms with E-state index in [1.807, 2.05) is 42.5 Å². The average Bonchev–Trinajstić information content (AvgIpc) is 2.92. The first-order valence-corrected chi connectivity index (χ1v) is 7.17. The quantitative estimate of drug-likeness (QED) is 0.723. The van der Waals surface area contributed by atoms with Gasteiger partial charge in [0.25, 0.3) is 0 Å². The smallest absolute Gasteiger partial charge is 0.183 e. The Labute approximate surface area is 128 Å². The van der Waals surface area contributed by atoms with E-state index in [1.165, 1.54) is 5.56 Å². The molecule has 3 aromatic rings. The van der Waals surface area contributed by atoms with Crippen LogP contribution in [0.1, 0.15) is 5.56 Å². The van der Waals surface area contributed by atoms with Gasteiger partial charge >= 0.3 is 0 Å². The highest BCUT2D eigenvalue weighted by Gasteiger charge is 2.08. The normalized spacial score (nSPS) is 10.5. The van der Waals surface area contributed by atoms with Crippen LogP contribution in [0.5, 0.6) is 0 Å². The van der Waals surface area contributed by atoms with Gasteiger partial charge in [-0.15, -0.1) is 0 Å². The van der Waals surface area contributed by atoms with Crippen molar-refractivity contribution >= 4 is 34.1 Å². The minimum atomic E-state index is 0.546. The van der Waals surface area contributed by atoms with Crippen LogP contribution in [0.25, 0.3) is 11.0 Å². The average molecular weight is 297 g/mol. The van der Waals surface area contributed by atoms with Crippen LogP contribution in [0.3, 0.4) is 0 Å². The Morgan fingerprint density at radius 3 is 2.67 bits per heavy atom. The van der Waals surface area contributed by atoms with Crippen molar-refractivity contribution in [3.8, 4) is 0 Å². The summed E-state index contributed by atoms with van der Waals surface area (Å²) in [5.41, 5.74) is 2.02. The number of hydrogen-bond donors (Lipinski definition) is 2. The highest BCUT2D eigenvalue weighted by atomic mass is 32.1. The summed E-state index contributed by atoms with van der Waals surface area (Å²) in [5.74, 6) is 0.641. The first kappa shape index (κ1) is 13.6. The zero-order valence-corrected chi connectivity index (χ0v) is 12.2. The predicted molar refractivity (Wildman–Crippen MR) is 88.4 cm³/mol. The number of fused-ring (bicyclic) bond motifs is 1. The monoisotopic (exact) mass is 297 g/mol. The van der Waals surface area contributed by atoms with Crippen LogP contribution in [-0.4, -0.2) is 16.8 Å². The standard InChI is InChI=1S/C16H15N3OS/c21-16(17-11-10-12-6-2-1-3-7-12)18-15-13-8-4-5-9-14(13)20-19-15/h1-9H,10-11H2,(H2,17,18,19,21). The molecule has 21 heavy (non-hydrogen) atoms. The Kier molecular flexibility index (Phi) is 4.12. The molecule has 0 amide bonds. The molecule has 4 nitrogen and oxygen atoms in total. The number of para-hydroxylation sites is 1. The third-order valence-electron chi connectivity index (χ3n) is 3.15. The van der Waals surface area contributed by atoms with Gasteiger partial charge in [0.1, 0.15) is 0 Å². The van der Waals surface area contributed by atoms with Crippen molar-refractivity contribution in [1.29, 1.82) is 0 Å². The van der Waals surface area contributed by atoms with Gasteiger partial charge in [-0.25, -0.2) is 0 Å². The minimum absolute atomic E-state index is 0.546. The summed E-state index contributed by atoms with van der Waals surface area (Å²) in [5, 5.41) is 11.7. The lowest BCUT2D eigenvalue weighted by molar-refractivity contribution is 0.460. The molecule has 2 N–H and O–H groups in total. The van der Waals surface area contributed by atoms with Gasteiger partial charge in [-0.05, 0) is 36.3 Å². The van der Waals surface area contributed by atoms with Gasteiger partial charge < -0.3 is 15.2 Å². The second kappa shape index (κ2) is 6.37. The van der Waals surface area contributed by atoms with E-state index in [9.17, 15) is 0 Å². The second-order valence-corrected chi connectivity index (χ2v) is 5.05. The Bertz CT molecular complexity index is 739. The van der Waals surface area contributed by atoms with E-state index in [4.69, 9.17) is 16.7 Å². The van der Waals surface area contributed by atoms with Crippen LogP contribution in [-0.2, 0) is 6.42 Å². The third-order valence-corrected chi connectivity index (χ3v) is 3.40. The number of nitrogens with one attached hydrogen (secondary N) is 2. The van der Waals surface area contributed by atoms with E-state index >= 15 is 0 Å². The number of hydrogen-bond acceptors (Lipinski definition) is 3. The molecule has 0 unspecified atom stereocenters. The molecular weight excluding hydrogens is 282 g/mol.